The predicted octanol–water partition coefficient (Wildman–Crippen LogP) is 2.26. The summed E-state index contributed by atoms with van der Waals surface area (Å²) in [6, 6.07) is 3.85. The number of halogens is 5. The number of alkyl halides is 5. The molecule has 0 N–H and O–H groups in total. The summed E-state index contributed by atoms with van der Waals surface area (Å²) in [5.41, 5.74) is -0.176. The van der Waals surface area contributed by atoms with Crippen molar-refractivity contribution in [3.8, 4) is 6.07 Å². The van der Waals surface area contributed by atoms with Gasteiger partial charge in [0.2, 0.25) is 5.82 Å². The van der Waals surface area contributed by atoms with Crippen molar-refractivity contribution in [1.29, 1.82) is 5.26 Å². The Balaban J connectivity index is 2.65. The van der Waals surface area contributed by atoms with Gasteiger partial charge < -0.3 is 0 Å². The van der Waals surface area contributed by atoms with Crippen LogP contribution in [-0.2, 0) is 5.92 Å². The molecule has 0 spiro atoms. The van der Waals surface area contributed by atoms with E-state index in [0.717, 1.165) is 18.3 Å². The van der Waals surface area contributed by atoms with Crippen LogP contribution < -0.4 is 0 Å². The molecule has 9 heteroatoms. The summed E-state index contributed by atoms with van der Waals surface area (Å²) in [4.78, 5) is 0. The number of pyridine rings is 1. The van der Waals surface area contributed by atoms with Gasteiger partial charge in [0, 0.05) is 12.3 Å². The molecule has 94 valence electrons. The number of rotatable bonds is 1. The van der Waals surface area contributed by atoms with Crippen LogP contribution in [0.15, 0.2) is 18.3 Å². The second-order valence-electron chi connectivity index (χ2n) is 3.35. The lowest BCUT2D eigenvalue weighted by atomic mass is 10.2. The number of hydrogen-bond donors (Lipinski definition) is 0. The lowest BCUT2D eigenvalue weighted by Gasteiger charge is -2.17. The number of fused-ring (bicyclic) bond motifs is 1. The molecule has 0 aliphatic heterocycles. The smallest absolute Gasteiger partial charge is 0.281 e. The standard InChI is InChI=1S/C9H3F5N4/c10-8(11,9(12,13)14)7-17-16-6-3-5(4-15)1-2-18(6)7/h1-3H. The Bertz CT molecular complexity index is 636. The van der Waals surface area contributed by atoms with Crippen molar-refractivity contribution in [3.63, 3.8) is 0 Å². The lowest BCUT2D eigenvalue weighted by Crippen LogP contribution is -2.35. The Hall–Kier alpha value is -2.24. The summed E-state index contributed by atoms with van der Waals surface area (Å²) < 4.78 is 63.2. The van der Waals surface area contributed by atoms with Crippen molar-refractivity contribution >= 4 is 5.65 Å². The first kappa shape index (κ1) is 12.2. The largest absolute Gasteiger partial charge is 0.461 e. The van der Waals surface area contributed by atoms with Crippen molar-refractivity contribution < 1.29 is 22.0 Å². The van der Waals surface area contributed by atoms with Crippen LogP contribution in [0.1, 0.15) is 11.4 Å². The zero-order valence-electron chi connectivity index (χ0n) is 8.41. The van der Waals surface area contributed by atoms with Crippen LogP contribution in [-0.4, -0.2) is 20.8 Å². The molecular formula is C9H3F5N4. The normalized spacial score (nSPS) is 12.7. The van der Waals surface area contributed by atoms with Gasteiger partial charge >= 0.3 is 12.1 Å². The van der Waals surface area contributed by atoms with E-state index in [1.165, 1.54) is 0 Å². The first-order valence-electron chi connectivity index (χ1n) is 4.47. The van der Waals surface area contributed by atoms with Gasteiger partial charge in [-0.05, 0) is 6.07 Å². The van der Waals surface area contributed by atoms with Gasteiger partial charge in [0.05, 0.1) is 11.6 Å². The molecule has 4 nitrogen and oxygen atoms in total. The highest BCUT2D eigenvalue weighted by Crippen LogP contribution is 2.42. The Morgan fingerprint density at radius 2 is 1.83 bits per heavy atom. The third kappa shape index (κ3) is 1.66. The molecule has 0 saturated heterocycles. The molecule has 0 aliphatic rings. The quantitative estimate of drug-likeness (QED) is 0.740. The zero-order chi connectivity index (χ0) is 13.6. The fraction of sp³-hybridized carbons (Fsp3) is 0.222. The molecule has 0 atom stereocenters. The third-order valence-corrected chi connectivity index (χ3v) is 2.18. The van der Waals surface area contributed by atoms with Gasteiger partial charge in [0.1, 0.15) is 0 Å². The number of nitriles is 1. The highest BCUT2D eigenvalue weighted by molar-refractivity contribution is 5.45. The summed E-state index contributed by atoms with van der Waals surface area (Å²) in [6.07, 6.45) is -4.87. The summed E-state index contributed by atoms with van der Waals surface area (Å²) >= 11 is 0. The molecule has 0 aliphatic carbocycles. The first-order valence-corrected chi connectivity index (χ1v) is 4.47. The second kappa shape index (κ2) is 3.63. The fourth-order valence-corrected chi connectivity index (χ4v) is 1.30. The predicted molar refractivity (Wildman–Crippen MR) is 47.7 cm³/mol. The topological polar surface area (TPSA) is 54.0 Å². The number of aromatic nitrogens is 3. The molecule has 2 heterocycles. The van der Waals surface area contributed by atoms with Crippen LogP contribution in [0.4, 0.5) is 22.0 Å². The minimum absolute atomic E-state index is 0.0803. The summed E-state index contributed by atoms with van der Waals surface area (Å²) in [5.74, 6) is -6.64. The summed E-state index contributed by atoms with van der Waals surface area (Å²) in [5, 5.41) is 14.6. The van der Waals surface area contributed by atoms with E-state index in [9.17, 15) is 22.0 Å². The molecule has 0 bridgehead atoms. The van der Waals surface area contributed by atoms with Crippen LogP contribution in [0.5, 0.6) is 0 Å². The molecule has 0 amide bonds. The molecule has 0 saturated carbocycles. The Kier molecular flexibility index (Phi) is 2.46. The van der Waals surface area contributed by atoms with Gasteiger partial charge in [-0.2, -0.15) is 27.2 Å². The Labute approximate surface area is 96.3 Å². The van der Waals surface area contributed by atoms with Crippen molar-refractivity contribution in [2.24, 2.45) is 0 Å². The average molecular weight is 262 g/mol. The third-order valence-electron chi connectivity index (χ3n) is 2.18. The van der Waals surface area contributed by atoms with Gasteiger partial charge in [-0.1, -0.05) is 0 Å². The minimum Gasteiger partial charge on any atom is -0.281 e. The maximum atomic E-state index is 13.1. The van der Waals surface area contributed by atoms with Crippen molar-refractivity contribution in [3.05, 3.63) is 29.7 Å². The molecule has 18 heavy (non-hydrogen) atoms. The maximum absolute atomic E-state index is 13.1. The van der Waals surface area contributed by atoms with Gasteiger partial charge in [0.15, 0.2) is 5.65 Å². The van der Waals surface area contributed by atoms with Gasteiger partial charge in [-0.3, -0.25) is 4.40 Å². The van der Waals surface area contributed by atoms with E-state index < -0.39 is 17.9 Å². The van der Waals surface area contributed by atoms with E-state index in [1.54, 1.807) is 6.07 Å². The SMILES string of the molecule is N#Cc1ccn2c(C(F)(F)C(F)(F)F)nnc2c1. The first-order chi connectivity index (χ1) is 8.27. The van der Waals surface area contributed by atoms with E-state index in [2.05, 4.69) is 10.2 Å². The van der Waals surface area contributed by atoms with Gasteiger partial charge in [-0.25, -0.2) is 0 Å². The minimum atomic E-state index is -5.76. The fourth-order valence-electron chi connectivity index (χ4n) is 1.30. The average Bonchev–Trinajstić information content (AvgIpc) is 2.70. The van der Waals surface area contributed by atoms with Crippen molar-refractivity contribution in [2.75, 3.05) is 0 Å². The number of nitrogens with zero attached hydrogens (tertiary/aromatic N) is 4. The van der Waals surface area contributed by atoms with Crippen LogP contribution in [0, 0.1) is 11.3 Å². The van der Waals surface area contributed by atoms with E-state index in [-0.39, 0.29) is 11.2 Å². The highest BCUT2D eigenvalue weighted by atomic mass is 19.4. The monoisotopic (exact) mass is 262 g/mol. The molecule has 0 fully saturated rings. The van der Waals surface area contributed by atoms with E-state index in [0.29, 0.717) is 4.40 Å². The lowest BCUT2D eigenvalue weighted by molar-refractivity contribution is -0.292. The van der Waals surface area contributed by atoms with Crippen LogP contribution in [0.25, 0.3) is 5.65 Å². The molecule has 0 aromatic carbocycles. The van der Waals surface area contributed by atoms with Crippen LogP contribution >= 0.6 is 0 Å². The maximum Gasteiger partial charge on any atom is 0.461 e. The van der Waals surface area contributed by atoms with Crippen LogP contribution in [0.3, 0.4) is 0 Å². The Morgan fingerprint density at radius 1 is 1.17 bits per heavy atom. The van der Waals surface area contributed by atoms with Gasteiger partial charge in [-0.15, -0.1) is 10.2 Å². The zero-order valence-corrected chi connectivity index (χ0v) is 8.41. The van der Waals surface area contributed by atoms with Crippen molar-refractivity contribution in [2.45, 2.75) is 12.1 Å². The van der Waals surface area contributed by atoms with Crippen LogP contribution in [0.2, 0.25) is 0 Å². The molecule has 0 radical (unpaired) electrons. The molecule has 0 unspecified atom stereocenters. The summed E-state index contributed by atoms with van der Waals surface area (Å²) in [6.45, 7) is 0. The molecule has 2 rings (SSSR count). The molecule has 2 aromatic heterocycles. The number of hydrogen-bond acceptors (Lipinski definition) is 3. The highest BCUT2D eigenvalue weighted by Gasteiger charge is 2.61. The van der Waals surface area contributed by atoms with E-state index >= 15 is 0 Å². The molecular weight excluding hydrogens is 259 g/mol. The van der Waals surface area contributed by atoms with E-state index in [1.807, 2.05) is 0 Å². The van der Waals surface area contributed by atoms with E-state index in [4.69, 9.17) is 5.26 Å². The second-order valence-corrected chi connectivity index (χ2v) is 3.35. The summed E-state index contributed by atoms with van der Waals surface area (Å²) in [7, 11) is 0. The molecule has 2 aromatic rings. The van der Waals surface area contributed by atoms with Crippen molar-refractivity contribution in [1.82, 2.24) is 14.6 Å². The Morgan fingerprint density at radius 3 is 2.39 bits per heavy atom. The van der Waals surface area contributed by atoms with Gasteiger partial charge in [0.25, 0.3) is 0 Å².